The van der Waals surface area contributed by atoms with E-state index in [0.29, 0.717) is 25.0 Å². The molecule has 0 aliphatic carbocycles. The molecule has 1 aliphatic rings. The summed E-state index contributed by atoms with van der Waals surface area (Å²) in [4.78, 5) is 23.4. The first-order valence-electron chi connectivity index (χ1n) is 10.5. The zero-order valence-corrected chi connectivity index (χ0v) is 17.4. The maximum absolute atomic E-state index is 13.2. The van der Waals surface area contributed by atoms with Crippen LogP contribution in [0.4, 0.5) is 5.95 Å². The molecule has 0 radical (unpaired) electrons. The molecule has 7 nitrogen and oxygen atoms in total. The molecule has 1 fully saturated rings. The second-order valence-corrected chi connectivity index (χ2v) is 8.02. The van der Waals surface area contributed by atoms with Crippen LogP contribution in [-0.2, 0) is 7.05 Å². The number of carbonyl (C=O) groups excluding carboxylic acids is 1. The van der Waals surface area contributed by atoms with Crippen molar-refractivity contribution in [2.75, 3.05) is 18.8 Å². The third-order valence-corrected chi connectivity index (χ3v) is 6.01. The van der Waals surface area contributed by atoms with Gasteiger partial charge in [0.25, 0.3) is 5.91 Å². The zero-order valence-electron chi connectivity index (χ0n) is 17.4. The van der Waals surface area contributed by atoms with Crippen LogP contribution in [0.3, 0.4) is 0 Å². The summed E-state index contributed by atoms with van der Waals surface area (Å²) in [6, 6.07) is 16.0. The summed E-state index contributed by atoms with van der Waals surface area (Å²) in [6.45, 7) is 1.42. The number of nitrogens with zero attached hydrogens (tertiary/aromatic N) is 5. The first-order chi connectivity index (χ1) is 15.1. The molecular formula is C24H24N6O. The Hall–Kier alpha value is -3.74. The molecule has 31 heavy (non-hydrogen) atoms. The Bertz CT molecular complexity index is 1260. The number of hydrogen-bond acceptors (Lipinski definition) is 5. The van der Waals surface area contributed by atoms with Gasteiger partial charge in [0, 0.05) is 55.3 Å². The number of hydrogen-bond donors (Lipinski definition) is 1. The van der Waals surface area contributed by atoms with Crippen molar-refractivity contribution in [3.05, 3.63) is 72.2 Å². The highest BCUT2D eigenvalue weighted by molar-refractivity contribution is 6.02. The third-order valence-electron chi connectivity index (χ3n) is 6.01. The average molecular weight is 412 g/mol. The minimum Gasteiger partial charge on any atom is -0.368 e. The molecule has 1 saturated heterocycles. The Morgan fingerprint density at radius 3 is 2.68 bits per heavy atom. The standard InChI is InChI=1S/C24H24N6O/c1-29-12-10-22(28-29)20-4-2-3-17-15-18(5-6-19(17)20)23(31)30-13-8-16(9-14-30)21-7-11-26-24(25)27-21/h2-7,10-12,15-16H,8-9,13-14H2,1H3,(H2,25,26,27). The van der Waals surface area contributed by atoms with E-state index in [2.05, 4.69) is 21.1 Å². The van der Waals surface area contributed by atoms with Crippen LogP contribution in [0.25, 0.3) is 22.0 Å². The maximum Gasteiger partial charge on any atom is 0.253 e. The summed E-state index contributed by atoms with van der Waals surface area (Å²) in [5, 5.41) is 6.66. The number of likely N-dealkylation sites (tertiary alicyclic amines) is 1. The molecule has 7 heteroatoms. The summed E-state index contributed by atoms with van der Waals surface area (Å²) < 4.78 is 1.80. The van der Waals surface area contributed by atoms with Gasteiger partial charge in [0.15, 0.2) is 0 Å². The molecule has 0 bridgehead atoms. The highest BCUT2D eigenvalue weighted by Crippen LogP contribution is 2.30. The van der Waals surface area contributed by atoms with Crippen molar-refractivity contribution in [3.63, 3.8) is 0 Å². The SMILES string of the molecule is Cn1ccc(-c2cccc3cc(C(=O)N4CCC(c5ccnc(N)n5)CC4)ccc23)n1. The van der Waals surface area contributed by atoms with Gasteiger partial charge in [0.2, 0.25) is 5.95 Å². The zero-order chi connectivity index (χ0) is 21.4. The minimum absolute atomic E-state index is 0.0748. The Morgan fingerprint density at radius 2 is 1.94 bits per heavy atom. The fourth-order valence-electron chi connectivity index (χ4n) is 4.38. The van der Waals surface area contributed by atoms with E-state index in [9.17, 15) is 4.79 Å². The van der Waals surface area contributed by atoms with Crippen molar-refractivity contribution in [2.45, 2.75) is 18.8 Å². The van der Waals surface area contributed by atoms with Gasteiger partial charge < -0.3 is 10.6 Å². The minimum atomic E-state index is 0.0748. The van der Waals surface area contributed by atoms with Crippen LogP contribution in [0, 0.1) is 0 Å². The summed E-state index contributed by atoms with van der Waals surface area (Å²) in [6.07, 6.45) is 5.38. The molecule has 0 spiro atoms. The van der Waals surface area contributed by atoms with Gasteiger partial charge in [-0.3, -0.25) is 9.48 Å². The summed E-state index contributed by atoms with van der Waals surface area (Å²) in [7, 11) is 1.91. The predicted molar refractivity (Wildman–Crippen MR) is 120 cm³/mol. The number of carbonyl (C=O) groups is 1. The lowest BCUT2D eigenvalue weighted by atomic mass is 9.92. The molecule has 5 rings (SSSR count). The first-order valence-corrected chi connectivity index (χ1v) is 10.5. The van der Waals surface area contributed by atoms with E-state index in [1.807, 2.05) is 60.6 Å². The summed E-state index contributed by atoms with van der Waals surface area (Å²) in [5.41, 5.74) is 9.40. The van der Waals surface area contributed by atoms with E-state index in [1.54, 1.807) is 10.9 Å². The van der Waals surface area contributed by atoms with Crippen LogP contribution in [0.15, 0.2) is 60.9 Å². The lowest BCUT2D eigenvalue weighted by molar-refractivity contribution is 0.0712. The molecule has 2 N–H and O–H groups in total. The van der Waals surface area contributed by atoms with E-state index in [0.717, 1.165) is 46.1 Å². The van der Waals surface area contributed by atoms with Crippen LogP contribution in [0.1, 0.15) is 34.8 Å². The van der Waals surface area contributed by atoms with E-state index in [4.69, 9.17) is 5.73 Å². The number of fused-ring (bicyclic) bond motifs is 1. The lowest BCUT2D eigenvalue weighted by Gasteiger charge is -2.32. The van der Waals surface area contributed by atoms with Gasteiger partial charge in [-0.05, 0) is 47.9 Å². The van der Waals surface area contributed by atoms with Crippen LogP contribution in [0.5, 0.6) is 0 Å². The predicted octanol–water partition coefficient (Wildman–Crippen LogP) is 3.63. The second-order valence-electron chi connectivity index (χ2n) is 8.02. The maximum atomic E-state index is 13.2. The Kier molecular flexibility index (Phi) is 4.86. The number of amides is 1. The van der Waals surface area contributed by atoms with Gasteiger partial charge in [-0.1, -0.05) is 24.3 Å². The molecule has 4 aromatic rings. The Morgan fingerprint density at radius 1 is 1.10 bits per heavy atom. The Labute approximate surface area is 180 Å². The molecule has 1 amide bonds. The number of benzene rings is 2. The van der Waals surface area contributed by atoms with E-state index in [1.165, 1.54) is 0 Å². The molecule has 156 valence electrons. The molecule has 2 aromatic heterocycles. The molecule has 0 saturated carbocycles. The van der Waals surface area contributed by atoms with Gasteiger partial charge in [0.1, 0.15) is 0 Å². The van der Waals surface area contributed by atoms with Crippen molar-refractivity contribution in [1.82, 2.24) is 24.6 Å². The second kappa shape index (κ2) is 7.83. The monoisotopic (exact) mass is 412 g/mol. The third kappa shape index (κ3) is 3.74. The van der Waals surface area contributed by atoms with Crippen molar-refractivity contribution in [3.8, 4) is 11.3 Å². The normalized spacial score (nSPS) is 14.8. The van der Waals surface area contributed by atoms with Crippen molar-refractivity contribution in [1.29, 1.82) is 0 Å². The van der Waals surface area contributed by atoms with Gasteiger partial charge in [-0.25, -0.2) is 9.97 Å². The largest absolute Gasteiger partial charge is 0.368 e. The quantitative estimate of drug-likeness (QED) is 0.555. The highest BCUT2D eigenvalue weighted by atomic mass is 16.2. The van der Waals surface area contributed by atoms with E-state index in [-0.39, 0.29) is 5.91 Å². The number of anilines is 1. The highest BCUT2D eigenvalue weighted by Gasteiger charge is 2.25. The lowest BCUT2D eigenvalue weighted by Crippen LogP contribution is -2.38. The number of aryl methyl sites for hydroxylation is 1. The molecule has 0 unspecified atom stereocenters. The smallest absolute Gasteiger partial charge is 0.253 e. The van der Waals surface area contributed by atoms with Crippen LogP contribution < -0.4 is 5.73 Å². The van der Waals surface area contributed by atoms with Gasteiger partial charge in [0.05, 0.1) is 5.69 Å². The van der Waals surface area contributed by atoms with Crippen LogP contribution >= 0.6 is 0 Å². The summed E-state index contributed by atoms with van der Waals surface area (Å²) in [5.74, 6) is 0.690. The fourth-order valence-corrected chi connectivity index (χ4v) is 4.38. The number of nitrogen functional groups attached to an aromatic ring is 1. The fraction of sp³-hybridized carbons (Fsp3) is 0.250. The molecule has 2 aromatic carbocycles. The van der Waals surface area contributed by atoms with E-state index < -0.39 is 0 Å². The van der Waals surface area contributed by atoms with Gasteiger partial charge >= 0.3 is 0 Å². The van der Waals surface area contributed by atoms with E-state index >= 15 is 0 Å². The molecule has 1 aliphatic heterocycles. The topological polar surface area (TPSA) is 89.9 Å². The number of aromatic nitrogens is 4. The van der Waals surface area contributed by atoms with Crippen molar-refractivity contribution in [2.24, 2.45) is 7.05 Å². The average Bonchev–Trinajstić information content (AvgIpc) is 3.24. The van der Waals surface area contributed by atoms with Gasteiger partial charge in [-0.15, -0.1) is 0 Å². The van der Waals surface area contributed by atoms with Crippen molar-refractivity contribution < 1.29 is 4.79 Å². The molecule has 3 heterocycles. The Balaban J connectivity index is 1.35. The van der Waals surface area contributed by atoms with Crippen LogP contribution in [-0.4, -0.2) is 43.6 Å². The first kappa shape index (κ1) is 19.2. The van der Waals surface area contributed by atoms with Crippen molar-refractivity contribution >= 4 is 22.6 Å². The molecular weight excluding hydrogens is 388 g/mol. The number of piperidine rings is 1. The number of nitrogens with two attached hydrogens (primary N) is 1. The van der Waals surface area contributed by atoms with Crippen LogP contribution in [0.2, 0.25) is 0 Å². The molecule has 0 atom stereocenters. The number of rotatable bonds is 3. The van der Waals surface area contributed by atoms with Gasteiger partial charge in [-0.2, -0.15) is 5.10 Å². The summed E-state index contributed by atoms with van der Waals surface area (Å²) >= 11 is 0.